The maximum absolute atomic E-state index is 12.2. The van der Waals surface area contributed by atoms with E-state index in [2.05, 4.69) is 16.0 Å². The van der Waals surface area contributed by atoms with Crippen molar-refractivity contribution in [3.8, 4) is 0 Å². The van der Waals surface area contributed by atoms with Crippen molar-refractivity contribution in [3.63, 3.8) is 0 Å². The number of anilines is 3. The molecule has 2 aromatic rings. The fourth-order valence-corrected chi connectivity index (χ4v) is 2.67. The molecule has 2 rings (SSSR count). The van der Waals surface area contributed by atoms with Crippen LogP contribution >= 0.6 is 34.8 Å². The molecule has 0 aliphatic carbocycles. The molecule has 0 aliphatic rings. The number of halogens is 3. The second-order valence-corrected chi connectivity index (χ2v) is 6.77. The molecule has 138 valence electrons. The summed E-state index contributed by atoms with van der Waals surface area (Å²) < 4.78 is 0. The third-order valence-electron chi connectivity index (χ3n) is 3.37. The Morgan fingerprint density at radius 2 is 1.58 bits per heavy atom. The summed E-state index contributed by atoms with van der Waals surface area (Å²) in [5, 5.41) is 9.71. The van der Waals surface area contributed by atoms with Crippen LogP contribution in [0.4, 0.5) is 17.1 Å². The van der Waals surface area contributed by atoms with Gasteiger partial charge in [0, 0.05) is 17.1 Å². The number of rotatable bonds is 7. The maximum atomic E-state index is 12.2. The van der Waals surface area contributed by atoms with E-state index in [0.29, 0.717) is 38.6 Å². The van der Waals surface area contributed by atoms with E-state index in [1.807, 2.05) is 6.92 Å². The van der Waals surface area contributed by atoms with Gasteiger partial charge in [-0.2, -0.15) is 0 Å². The Morgan fingerprint density at radius 3 is 2.31 bits per heavy atom. The molecule has 0 aromatic heterocycles. The number of hydrogen-bond donors (Lipinski definition) is 3. The molecule has 0 radical (unpaired) electrons. The molecule has 0 spiro atoms. The highest BCUT2D eigenvalue weighted by atomic mass is 35.5. The average Bonchev–Trinajstić information content (AvgIpc) is 2.59. The molecular weight excluding hydrogens is 397 g/mol. The van der Waals surface area contributed by atoms with Gasteiger partial charge in [-0.25, -0.2) is 0 Å². The summed E-state index contributed by atoms with van der Waals surface area (Å²) in [6, 6.07) is 9.83. The van der Waals surface area contributed by atoms with E-state index in [0.717, 1.165) is 6.42 Å². The second kappa shape index (κ2) is 9.67. The minimum absolute atomic E-state index is 0.0250. The third-order valence-corrected chi connectivity index (χ3v) is 4.26. The molecule has 0 atom stereocenters. The zero-order chi connectivity index (χ0) is 19.1. The summed E-state index contributed by atoms with van der Waals surface area (Å²) in [5.74, 6) is -0.413. The van der Waals surface area contributed by atoms with E-state index in [1.165, 1.54) is 0 Å². The van der Waals surface area contributed by atoms with Crippen molar-refractivity contribution in [2.24, 2.45) is 0 Å². The Morgan fingerprint density at radius 1 is 0.885 bits per heavy atom. The van der Waals surface area contributed by atoms with Crippen LogP contribution in [0.3, 0.4) is 0 Å². The van der Waals surface area contributed by atoms with Crippen LogP contribution in [0.2, 0.25) is 15.1 Å². The highest BCUT2D eigenvalue weighted by Crippen LogP contribution is 2.27. The summed E-state index contributed by atoms with van der Waals surface area (Å²) in [6.45, 7) is 1.90. The van der Waals surface area contributed by atoms with Crippen molar-refractivity contribution >= 4 is 63.7 Å². The Labute approximate surface area is 167 Å². The molecule has 0 fully saturated rings. The number of carbonyl (C=O) groups is 2. The maximum Gasteiger partial charge on any atom is 0.243 e. The van der Waals surface area contributed by atoms with Gasteiger partial charge in [0.1, 0.15) is 0 Å². The van der Waals surface area contributed by atoms with Gasteiger partial charge in [0.25, 0.3) is 0 Å². The van der Waals surface area contributed by atoms with Gasteiger partial charge >= 0.3 is 0 Å². The van der Waals surface area contributed by atoms with Gasteiger partial charge in [-0.05, 0) is 42.8 Å². The Hall–Kier alpha value is -1.95. The van der Waals surface area contributed by atoms with Crippen molar-refractivity contribution < 1.29 is 9.59 Å². The predicted molar refractivity (Wildman–Crippen MR) is 109 cm³/mol. The van der Waals surface area contributed by atoms with Crippen molar-refractivity contribution in [2.45, 2.75) is 19.8 Å². The highest BCUT2D eigenvalue weighted by Gasteiger charge is 2.09. The Kier molecular flexibility index (Phi) is 7.57. The molecule has 0 unspecified atom stereocenters. The van der Waals surface area contributed by atoms with Crippen molar-refractivity contribution in [1.82, 2.24) is 0 Å². The lowest BCUT2D eigenvalue weighted by Gasteiger charge is -2.12. The first-order valence-electron chi connectivity index (χ1n) is 7.97. The first-order valence-corrected chi connectivity index (χ1v) is 9.10. The lowest BCUT2D eigenvalue weighted by Crippen LogP contribution is -2.22. The fourth-order valence-electron chi connectivity index (χ4n) is 2.15. The van der Waals surface area contributed by atoms with E-state index in [4.69, 9.17) is 34.8 Å². The minimum atomic E-state index is -0.319. The monoisotopic (exact) mass is 413 g/mol. The number of amides is 2. The van der Waals surface area contributed by atoms with Crippen LogP contribution in [0.25, 0.3) is 0 Å². The van der Waals surface area contributed by atoms with Gasteiger partial charge in [0.2, 0.25) is 11.8 Å². The molecule has 2 amide bonds. The standard InChI is InChI=1S/C18H18Cl3N3O2/c1-2-3-17(25)23-12-5-7-14(21)16(9-12)24-18(26)10-22-15-8-11(19)4-6-13(15)20/h4-9,22H,2-3,10H2,1H3,(H,23,25)(H,24,26). The van der Waals surface area contributed by atoms with E-state index in [9.17, 15) is 9.59 Å². The van der Waals surface area contributed by atoms with Gasteiger partial charge < -0.3 is 16.0 Å². The first kappa shape index (κ1) is 20.4. The van der Waals surface area contributed by atoms with Crippen LogP contribution in [0, 0.1) is 0 Å². The van der Waals surface area contributed by atoms with Crippen LogP contribution in [-0.2, 0) is 9.59 Å². The topological polar surface area (TPSA) is 70.2 Å². The number of nitrogens with one attached hydrogen (secondary N) is 3. The molecular formula is C18H18Cl3N3O2. The zero-order valence-electron chi connectivity index (χ0n) is 14.0. The first-order chi connectivity index (χ1) is 12.4. The second-order valence-electron chi connectivity index (χ2n) is 5.52. The quantitative estimate of drug-likeness (QED) is 0.565. The van der Waals surface area contributed by atoms with Gasteiger partial charge in [0.05, 0.1) is 28.0 Å². The number of benzene rings is 2. The van der Waals surface area contributed by atoms with Gasteiger partial charge in [-0.1, -0.05) is 41.7 Å². The summed E-state index contributed by atoms with van der Waals surface area (Å²) in [4.78, 5) is 23.9. The fraction of sp³-hybridized carbons (Fsp3) is 0.222. The lowest BCUT2D eigenvalue weighted by atomic mass is 10.2. The molecule has 0 aliphatic heterocycles. The van der Waals surface area contributed by atoms with Gasteiger partial charge in [-0.15, -0.1) is 0 Å². The highest BCUT2D eigenvalue weighted by molar-refractivity contribution is 6.35. The Balaban J connectivity index is 1.99. The van der Waals surface area contributed by atoms with E-state index >= 15 is 0 Å². The van der Waals surface area contributed by atoms with Crippen LogP contribution in [0.1, 0.15) is 19.8 Å². The molecule has 5 nitrogen and oxygen atoms in total. The SMILES string of the molecule is CCCC(=O)Nc1ccc(Cl)c(NC(=O)CNc2cc(Cl)ccc2Cl)c1. The number of hydrogen-bond acceptors (Lipinski definition) is 3. The predicted octanol–water partition coefficient (Wildman–Crippen LogP) is 5.44. The third kappa shape index (κ3) is 6.09. The minimum Gasteiger partial charge on any atom is -0.375 e. The molecule has 3 N–H and O–H groups in total. The molecule has 0 saturated heterocycles. The van der Waals surface area contributed by atoms with Crippen LogP contribution in [0.5, 0.6) is 0 Å². The van der Waals surface area contributed by atoms with Gasteiger partial charge in [-0.3, -0.25) is 9.59 Å². The Bertz CT molecular complexity index is 812. The van der Waals surface area contributed by atoms with Crippen LogP contribution in [-0.4, -0.2) is 18.4 Å². The summed E-state index contributed by atoms with van der Waals surface area (Å²) in [5.41, 5.74) is 1.53. The molecule has 0 heterocycles. The van der Waals surface area contributed by atoms with E-state index < -0.39 is 0 Å². The van der Waals surface area contributed by atoms with E-state index in [-0.39, 0.29) is 18.4 Å². The molecule has 2 aromatic carbocycles. The molecule has 0 saturated carbocycles. The zero-order valence-corrected chi connectivity index (χ0v) is 16.3. The van der Waals surface area contributed by atoms with Crippen LogP contribution < -0.4 is 16.0 Å². The summed E-state index contributed by atoms with van der Waals surface area (Å²) >= 11 is 18.1. The molecule has 0 bridgehead atoms. The van der Waals surface area contributed by atoms with Gasteiger partial charge in [0.15, 0.2) is 0 Å². The summed E-state index contributed by atoms with van der Waals surface area (Å²) in [7, 11) is 0. The average molecular weight is 415 g/mol. The molecule has 8 heteroatoms. The number of carbonyl (C=O) groups excluding carboxylic acids is 2. The normalized spacial score (nSPS) is 10.3. The van der Waals surface area contributed by atoms with Crippen molar-refractivity contribution in [1.29, 1.82) is 0 Å². The van der Waals surface area contributed by atoms with Crippen molar-refractivity contribution in [3.05, 3.63) is 51.5 Å². The lowest BCUT2D eigenvalue weighted by molar-refractivity contribution is -0.116. The largest absolute Gasteiger partial charge is 0.375 e. The van der Waals surface area contributed by atoms with Crippen molar-refractivity contribution in [2.75, 3.05) is 22.5 Å². The van der Waals surface area contributed by atoms with Crippen LogP contribution in [0.15, 0.2) is 36.4 Å². The molecule has 26 heavy (non-hydrogen) atoms. The van der Waals surface area contributed by atoms with E-state index in [1.54, 1.807) is 36.4 Å². The smallest absolute Gasteiger partial charge is 0.243 e. The summed E-state index contributed by atoms with van der Waals surface area (Å²) in [6.07, 6.45) is 1.18.